The highest BCUT2D eigenvalue weighted by atomic mass is 32.2. The van der Waals surface area contributed by atoms with Gasteiger partial charge in [0.25, 0.3) is 0 Å². The minimum Gasteiger partial charge on any atom is -0.741 e. The maximum Gasteiger partial charge on any atom is 0.485 e. The molecule has 0 unspecified atom stereocenters. The highest BCUT2D eigenvalue weighted by Crippen LogP contribution is 2.34. The average molecular weight is 880 g/mol. The first kappa shape index (κ1) is 44.5. The zero-order chi connectivity index (χ0) is 43.4. The molecule has 0 bridgehead atoms. The van der Waals surface area contributed by atoms with Gasteiger partial charge in [-0.1, -0.05) is 72.8 Å². The van der Waals surface area contributed by atoms with Crippen LogP contribution in [-0.4, -0.2) is 83.2 Å². The third-order valence-corrected chi connectivity index (χ3v) is 11.1. The number of amides is 3. The van der Waals surface area contributed by atoms with Crippen LogP contribution in [0.3, 0.4) is 0 Å². The number of rotatable bonds is 16. The van der Waals surface area contributed by atoms with Gasteiger partial charge in [-0.05, 0) is 59.7 Å². The van der Waals surface area contributed by atoms with Crippen LogP contribution in [0.4, 0.5) is 22.8 Å². The van der Waals surface area contributed by atoms with Crippen molar-refractivity contribution in [2.45, 2.75) is 44.2 Å². The Morgan fingerprint density at radius 3 is 2.46 bits per heavy atom. The number of hydrogen-bond donors (Lipinski definition) is 2. The molecule has 322 valence electrons. The Hall–Kier alpha value is -6.05. The largest absolute Gasteiger partial charge is 0.741 e. The molecule has 1 saturated heterocycles. The number of carbonyl (C=O) groups excluding carboxylic acids is 2. The van der Waals surface area contributed by atoms with Crippen LogP contribution >= 0.6 is 11.3 Å². The number of ether oxygens (including phenoxy) is 2. The number of aryl methyl sites for hydroxylation is 4. The molecule has 1 aliphatic heterocycles. The van der Waals surface area contributed by atoms with Crippen molar-refractivity contribution >= 4 is 44.4 Å². The van der Waals surface area contributed by atoms with E-state index in [4.69, 9.17) is 32.6 Å². The van der Waals surface area contributed by atoms with E-state index in [1.165, 1.54) is 16.3 Å². The maximum atomic E-state index is 12.1. The molecule has 2 aromatic heterocycles. The molecule has 0 radical (unpaired) electrons. The second-order valence-corrected chi connectivity index (χ2v) is 16.2. The second kappa shape index (κ2) is 20.5. The predicted molar refractivity (Wildman–Crippen MR) is 221 cm³/mol. The van der Waals surface area contributed by atoms with E-state index in [0.29, 0.717) is 38.5 Å². The zero-order valence-corrected chi connectivity index (χ0v) is 34.8. The lowest BCUT2D eigenvalue weighted by molar-refractivity contribution is -0.661. The summed E-state index contributed by atoms with van der Waals surface area (Å²) in [5.41, 5.74) is 0.489. The Kier molecular flexibility index (Phi) is 14.9. The molecular weight excluding hydrogens is 836 g/mol. The normalized spacial score (nSPS) is 12.8. The van der Waals surface area contributed by atoms with E-state index < -0.39 is 21.7 Å². The molecule has 3 heterocycles. The van der Waals surface area contributed by atoms with Crippen molar-refractivity contribution in [1.82, 2.24) is 30.4 Å². The minimum atomic E-state index is -6.09. The Balaban J connectivity index is 0.000000708. The van der Waals surface area contributed by atoms with Gasteiger partial charge >= 0.3 is 17.6 Å². The molecule has 6 aromatic rings. The Bertz CT molecular complexity index is 2530. The van der Waals surface area contributed by atoms with Gasteiger partial charge in [0.05, 0.1) is 23.0 Å². The molecule has 0 spiro atoms. The topological polar surface area (TPSA) is 172 Å². The van der Waals surface area contributed by atoms with Gasteiger partial charge < -0.3 is 29.6 Å². The Morgan fingerprint density at radius 2 is 1.72 bits per heavy atom. The number of thiazole rings is 1. The molecule has 0 saturated carbocycles. The highest BCUT2D eigenvalue weighted by molar-refractivity contribution is 7.86. The third kappa shape index (κ3) is 12.7. The number of carbonyl (C=O) groups is 2. The number of unbranched alkanes of at least 4 members (excludes halogenated alkanes) is 1. The van der Waals surface area contributed by atoms with Crippen LogP contribution in [0.5, 0.6) is 5.75 Å². The fraction of sp³-hybridized carbons (Fsp3) is 0.310. The molecule has 19 heteroatoms. The van der Waals surface area contributed by atoms with Crippen LogP contribution in [0.2, 0.25) is 0 Å². The lowest BCUT2D eigenvalue weighted by atomic mass is 10.0. The first-order valence-corrected chi connectivity index (χ1v) is 21.7. The minimum absolute atomic E-state index is 0.0612. The standard InChI is InChI=1S/C41H43N7O4S.CHF3O3S/c1-46-36(13-7-8-20-43-41(50)52-28-31-9-3-2-4-10-31)27-48(45-46)35-18-19-37(38(26-35)51-24-23-47-22-21-42-40(47)49)39-44-34(29-53-39)17-15-30-14-16-32-11-5-6-12-33(32)25-30;2-1(3,4)8(5,6)7/h2-6,9-12,14,16,18-19,25-27,29H,7-8,13,15,17,20-24,28H2,1H3,(H-,42,43,49,50);(H,5,6,7). The van der Waals surface area contributed by atoms with Gasteiger partial charge in [-0.25, -0.2) is 23.0 Å². The summed E-state index contributed by atoms with van der Waals surface area (Å²) in [6, 6.07) is 30.7. The van der Waals surface area contributed by atoms with Crippen molar-refractivity contribution in [1.29, 1.82) is 0 Å². The Labute approximate surface area is 354 Å². The summed E-state index contributed by atoms with van der Waals surface area (Å²) in [4.78, 5) is 31.0. The van der Waals surface area contributed by atoms with Gasteiger partial charge in [-0.15, -0.1) is 20.7 Å². The van der Waals surface area contributed by atoms with Crippen molar-refractivity contribution in [3.05, 3.63) is 125 Å². The zero-order valence-electron chi connectivity index (χ0n) is 33.1. The molecule has 1 aliphatic rings. The molecule has 0 aliphatic carbocycles. The van der Waals surface area contributed by atoms with Crippen LogP contribution in [0.15, 0.2) is 103 Å². The average Bonchev–Trinajstić information content (AvgIpc) is 3.99. The number of benzene rings is 4. The molecule has 0 atom stereocenters. The van der Waals surface area contributed by atoms with E-state index in [9.17, 15) is 22.8 Å². The molecule has 2 N–H and O–H groups in total. The van der Waals surface area contributed by atoms with Gasteiger partial charge in [-0.2, -0.15) is 13.2 Å². The van der Waals surface area contributed by atoms with Crippen molar-refractivity contribution in [2.75, 3.05) is 32.8 Å². The molecule has 3 amide bonds. The van der Waals surface area contributed by atoms with Crippen molar-refractivity contribution in [2.24, 2.45) is 7.05 Å². The number of nitrogens with one attached hydrogen (secondary N) is 2. The summed E-state index contributed by atoms with van der Waals surface area (Å²) in [6.07, 6.45) is 5.86. The van der Waals surface area contributed by atoms with Crippen molar-refractivity contribution < 1.29 is 49.9 Å². The van der Waals surface area contributed by atoms with Crippen LogP contribution < -0.4 is 20.1 Å². The predicted octanol–water partition coefficient (Wildman–Crippen LogP) is 6.46. The lowest BCUT2D eigenvalue weighted by Gasteiger charge is -2.16. The van der Waals surface area contributed by atoms with Gasteiger partial charge in [0.15, 0.2) is 27.7 Å². The summed E-state index contributed by atoms with van der Waals surface area (Å²) < 4.78 is 74.3. The Morgan fingerprint density at radius 1 is 0.967 bits per heavy atom. The summed E-state index contributed by atoms with van der Waals surface area (Å²) in [5.74, 6) is 0.697. The molecule has 4 aromatic carbocycles. The quantitative estimate of drug-likeness (QED) is 0.0479. The molecule has 7 rings (SSSR count). The monoisotopic (exact) mass is 879 g/mol. The number of urea groups is 1. The number of fused-ring (bicyclic) bond motifs is 1. The lowest BCUT2D eigenvalue weighted by Crippen LogP contribution is -2.33. The summed E-state index contributed by atoms with van der Waals surface area (Å²) in [7, 11) is -4.15. The van der Waals surface area contributed by atoms with Crippen LogP contribution in [0.25, 0.3) is 27.0 Å². The molecule has 14 nitrogen and oxygen atoms in total. The van der Waals surface area contributed by atoms with Gasteiger partial charge in [-0.3, -0.25) is 0 Å². The number of halogens is 3. The van der Waals surface area contributed by atoms with E-state index >= 15 is 0 Å². The van der Waals surface area contributed by atoms with E-state index in [1.54, 1.807) is 16.2 Å². The molecule has 61 heavy (non-hydrogen) atoms. The SMILES string of the molecule is Cn1n[n+](-c2ccc(-c3nc(CCc4ccc5ccccc5c4)cs3)c(OCCN3CCNC3=O)c2)cc1CCCCNC(=O)OCc1ccccc1.O=S(=O)([O-])C(F)(F)F. The van der Waals surface area contributed by atoms with Crippen molar-refractivity contribution in [3.63, 3.8) is 0 Å². The van der Waals surface area contributed by atoms with Crippen LogP contribution in [0, 0.1) is 0 Å². The van der Waals surface area contributed by atoms with E-state index in [0.717, 1.165) is 65.3 Å². The summed E-state index contributed by atoms with van der Waals surface area (Å²) >= 11 is 1.61. The maximum absolute atomic E-state index is 12.1. The van der Waals surface area contributed by atoms with Gasteiger partial charge in [0.2, 0.25) is 0 Å². The third-order valence-electron chi connectivity index (χ3n) is 9.60. The summed E-state index contributed by atoms with van der Waals surface area (Å²) in [6.45, 7) is 2.96. The fourth-order valence-electron chi connectivity index (χ4n) is 6.35. The molecule has 1 fully saturated rings. The van der Waals surface area contributed by atoms with E-state index in [2.05, 4.69) is 58.5 Å². The van der Waals surface area contributed by atoms with Crippen molar-refractivity contribution in [3.8, 4) is 22.0 Å². The van der Waals surface area contributed by atoms with E-state index in [1.807, 2.05) is 71.1 Å². The van der Waals surface area contributed by atoms with Gasteiger partial charge in [0.1, 0.15) is 31.0 Å². The number of hydrogen-bond acceptors (Lipinski definition) is 10. The smallest absolute Gasteiger partial charge is 0.485 e. The van der Waals surface area contributed by atoms with Gasteiger partial charge in [0, 0.05) is 37.5 Å². The second-order valence-electron chi connectivity index (χ2n) is 14.0. The van der Waals surface area contributed by atoms with Crippen LogP contribution in [0.1, 0.15) is 35.4 Å². The number of nitrogens with zero attached hydrogens (tertiary/aromatic N) is 5. The highest BCUT2D eigenvalue weighted by Gasteiger charge is 2.37. The number of alkyl halides is 3. The number of alkyl carbamates (subject to hydrolysis) is 1. The first-order chi connectivity index (χ1) is 29.2. The fourth-order valence-corrected chi connectivity index (χ4v) is 7.24. The van der Waals surface area contributed by atoms with Crippen LogP contribution in [-0.2, 0) is 47.8 Å². The van der Waals surface area contributed by atoms with E-state index in [-0.39, 0.29) is 12.6 Å². The first-order valence-electron chi connectivity index (χ1n) is 19.4. The molecular formula is C42H44F3N7O7S2. The number of aromatic nitrogens is 4. The summed E-state index contributed by atoms with van der Waals surface area (Å²) in [5, 5.41) is 16.0.